The van der Waals surface area contributed by atoms with E-state index in [2.05, 4.69) is 40.9 Å². The standard InChI is InChI=1S/C20H24Cl2N14O2/c21-11-15(25)33-13(23)9(31-11)17(37)35-19(27)29-5-7-1-2-8(4-3-7)6-30-20(28)36-18(38)10-14(24)34-16(26)12(22)32-10/h1-4,19,29H,5-6,27H2,(H,35,37)(H4,23,25,33)(H4,24,26,34)(H3,28,30,36,38). The zero-order valence-electron chi connectivity index (χ0n) is 19.6. The van der Waals surface area contributed by atoms with Crippen LogP contribution in [-0.4, -0.2) is 44.0 Å². The lowest BCUT2D eigenvalue weighted by molar-refractivity contribution is 0.0924. The molecule has 0 bridgehead atoms. The van der Waals surface area contributed by atoms with Crippen LogP contribution in [0, 0.1) is 0 Å². The molecule has 0 aliphatic carbocycles. The number of hydrogen-bond donors (Lipinski definition) is 9. The third kappa shape index (κ3) is 7.26. The molecule has 1 unspecified atom stereocenters. The number of aliphatic imine (C=N–C) groups is 1. The Morgan fingerprint density at radius 2 is 1.32 bits per heavy atom. The van der Waals surface area contributed by atoms with Crippen LogP contribution in [0.2, 0.25) is 10.3 Å². The molecule has 0 fully saturated rings. The highest BCUT2D eigenvalue weighted by Crippen LogP contribution is 2.18. The number of rotatable bonds is 8. The molecule has 0 saturated heterocycles. The first kappa shape index (κ1) is 28.1. The fraction of sp³-hybridized carbons (Fsp3) is 0.150. The van der Waals surface area contributed by atoms with Gasteiger partial charge in [-0.25, -0.2) is 24.9 Å². The van der Waals surface area contributed by atoms with Crippen LogP contribution in [0.15, 0.2) is 29.3 Å². The highest BCUT2D eigenvalue weighted by atomic mass is 35.5. The van der Waals surface area contributed by atoms with Crippen molar-refractivity contribution < 1.29 is 9.59 Å². The summed E-state index contributed by atoms with van der Waals surface area (Å²) in [4.78, 5) is 43.8. The Labute approximate surface area is 225 Å². The summed E-state index contributed by atoms with van der Waals surface area (Å²) in [6, 6.07) is 7.24. The molecule has 2 amide bonds. The highest BCUT2D eigenvalue weighted by molar-refractivity contribution is 6.32. The van der Waals surface area contributed by atoms with Gasteiger partial charge in [-0.1, -0.05) is 47.5 Å². The maximum atomic E-state index is 12.3. The number of halogens is 2. The van der Waals surface area contributed by atoms with E-state index in [1.807, 2.05) is 12.1 Å². The fourth-order valence-electron chi connectivity index (χ4n) is 2.86. The first-order valence-electron chi connectivity index (χ1n) is 10.6. The predicted octanol–water partition coefficient (Wildman–Crippen LogP) is -1.09. The van der Waals surface area contributed by atoms with E-state index in [0.717, 1.165) is 11.1 Å². The summed E-state index contributed by atoms with van der Waals surface area (Å²) in [7, 11) is 0. The molecule has 2 heterocycles. The maximum Gasteiger partial charge on any atom is 0.280 e. The zero-order chi connectivity index (χ0) is 28.0. The van der Waals surface area contributed by atoms with Crippen LogP contribution >= 0.6 is 23.2 Å². The lowest BCUT2D eigenvalue weighted by Gasteiger charge is -2.16. The Kier molecular flexibility index (Phi) is 8.98. The van der Waals surface area contributed by atoms with Gasteiger partial charge in [0, 0.05) is 6.54 Å². The van der Waals surface area contributed by atoms with E-state index < -0.39 is 18.1 Å². The molecule has 3 rings (SSSR count). The van der Waals surface area contributed by atoms with Gasteiger partial charge in [0.05, 0.1) is 6.54 Å². The molecular weight excluding hydrogens is 539 g/mol. The average Bonchev–Trinajstić information content (AvgIpc) is 2.86. The van der Waals surface area contributed by atoms with Crippen LogP contribution in [0.25, 0.3) is 0 Å². The number of benzene rings is 1. The van der Waals surface area contributed by atoms with Gasteiger partial charge in [-0.3, -0.25) is 26.0 Å². The Bertz CT molecular complexity index is 1380. The van der Waals surface area contributed by atoms with E-state index in [0.29, 0.717) is 6.54 Å². The Morgan fingerprint density at radius 1 is 0.816 bits per heavy atom. The van der Waals surface area contributed by atoms with Crippen molar-refractivity contribution in [1.82, 2.24) is 35.9 Å². The fourth-order valence-corrected chi connectivity index (χ4v) is 3.11. The smallest absolute Gasteiger partial charge is 0.280 e. The molecule has 0 aliphatic heterocycles. The summed E-state index contributed by atoms with van der Waals surface area (Å²) < 4.78 is 0. The Hall–Kier alpha value is -4.51. The molecule has 38 heavy (non-hydrogen) atoms. The van der Waals surface area contributed by atoms with Gasteiger partial charge in [-0.05, 0) is 11.1 Å². The Balaban J connectivity index is 1.49. The van der Waals surface area contributed by atoms with Gasteiger partial charge in [0.2, 0.25) is 0 Å². The number of amides is 2. The van der Waals surface area contributed by atoms with E-state index in [1.165, 1.54) is 0 Å². The summed E-state index contributed by atoms with van der Waals surface area (Å²) in [5.74, 6) is -2.15. The molecule has 18 heteroatoms. The summed E-state index contributed by atoms with van der Waals surface area (Å²) in [6.45, 7) is 0.491. The maximum absolute atomic E-state index is 12.3. The molecule has 15 N–H and O–H groups in total. The van der Waals surface area contributed by atoms with Crippen molar-refractivity contribution in [3.05, 3.63) is 57.1 Å². The lowest BCUT2D eigenvalue weighted by Crippen LogP contribution is -2.51. The van der Waals surface area contributed by atoms with Gasteiger partial charge >= 0.3 is 0 Å². The van der Waals surface area contributed by atoms with E-state index in [-0.39, 0.29) is 57.5 Å². The largest absolute Gasteiger partial charge is 0.382 e. The average molecular weight is 563 g/mol. The normalized spacial score (nSPS) is 12.1. The van der Waals surface area contributed by atoms with E-state index in [9.17, 15) is 9.59 Å². The van der Waals surface area contributed by atoms with E-state index in [1.54, 1.807) is 12.1 Å². The third-order valence-corrected chi connectivity index (χ3v) is 5.31. The predicted molar refractivity (Wildman–Crippen MR) is 143 cm³/mol. The molecule has 2 aromatic heterocycles. The lowest BCUT2D eigenvalue weighted by atomic mass is 10.1. The van der Waals surface area contributed by atoms with Gasteiger partial charge in [-0.15, -0.1) is 0 Å². The monoisotopic (exact) mass is 562 g/mol. The number of nitrogen functional groups attached to an aromatic ring is 4. The van der Waals surface area contributed by atoms with Gasteiger partial charge < -0.3 is 34.0 Å². The van der Waals surface area contributed by atoms with E-state index >= 15 is 0 Å². The minimum Gasteiger partial charge on any atom is -0.382 e. The SMILES string of the molecule is NC(=NCc1ccc(CNC(N)NC(=O)c2nc(Cl)c(N)nc2N)cc1)NC(=O)c1nc(Cl)c(N)nc1N. The van der Waals surface area contributed by atoms with Crippen LogP contribution < -0.4 is 50.4 Å². The number of aromatic nitrogens is 4. The molecule has 3 aromatic rings. The summed E-state index contributed by atoms with van der Waals surface area (Å²) >= 11 is 11.6. The Morgan fingerprint density at radius 3 is 1.87 bits per heavy atom. The van der Waals surface area contributed by atoms with Crippen LogP contribution in [0.4, 0.5) is 23.3 Å². The van der Waals surface area contributed by atoms with Crippen molar-refractivity contribution in [3.63, 3.8) is 0 Å². The number of anilines is 4. The van der Waals surface area contributed by atoms with Crippen molar-refractivity contribution in [1.29, 1.82) is 0 Å². The molecule has 0 spiro atoms. The van der Waals surface area contributed by atoms with Gasteiger partial charge in [0.15, 0.2) is 50.9 Å². The minimum atomic E-state index is -0.928. The summed E-state index contributed by atoms with van der Waals surface area (Å²) in [5.41, 5.74) is 35.2. The number of nitrogens with two attached hydrogens (primary N) is 6. The first-order chi connectivity index (χ1) is 17.9. The number of carbonyl (C=O) groups is 2. The van der Waals surface area contributed by atoms with Crippen molar-refractivity contribution in [2.45, 2.75) is 19.4 Å². The van der Waals surface area contributed by atoms with Crippen molar-refractivity contribution in [3.8, 4) is 0 Å². The number of nitrogens with one attached hydrogen (secondary N) is 3. The molecule has 1 atom stereocenters. The topological polar surface area (TPSA) is 290 Å². The molecule has 1 aromatic carbocycles. The number of guanidine groups is 1. The molecule has 16 nitrogen and oxygen atoms in total. The number of nitrogens with zero attached hydrogens (tertiary/aromatic N) is 5. The quantitative estimate of drug-likeness (QED) is 0.0895. The number of hydrogen-bond acceptors (Lipinski definition) is 13. The summed E-state index contributed by atoms with van der Waals surface area (Å²) in [6.07, 6.45) is -0.928. The van der Waals surface area contributed by atoms with Crippen molar-refractivity contribution in [2.24, 2.45) is 16.5 Å². The van der Waals surface area contributed by atoms with E-state index in [4.69, 9.17) is 57.6 Å². The zero-order valence-corrected chi connectivity index (χ0v) is 21.1. The molecule has 0 aliphatic rings. The second-order valence-electron chi connectivity index (χ2n) is 7.57. The second kappa shape index (κ2) is 12.2. The summed E-state index contributed by atoms with van der Waals surface area (Å²) in [5, 5.41) is 7.46. The van der Waals surface area contributed by atoms with Gasteiger partial charge in [-0.2, -0.15) is 0 Å². The van der Waals surface area contributed by atoms with Crippen LogP contribution in [-0.2, 0) is 13.1 Å². The molecule has 200 valence electrons. The highest BCUT2D eigenvalue weighted by Gasteiger charge is 2.18. The van der Waals surface area contributed by atoms with Crippen molar-refractivity contribution >= 4 is 64.2 Å². The van der Waals surface area contributed by atoms with Gasteiger partial charge in [0.1, 0.15) is 6.29 Å². The molecule has 0 radical (unpaired) electrons. The third-order valence-electron chi connectivity index (χ3n) is 4.75. The second-order valence-corrected chi connectivity index (χ2v) is 8.29. The molecular formula is C20H24Cl2N14O2. The molecule has 0 saturated carbocycles. The van der Waals surface area contributed by atoms with Crippen LogP contribution in [0.3, 0.4) is 0 Å². The number of carbonyl (C=O) groups excluding carboxylic acids is 2. The van der Waals surface area contributed by atoms with Crippen molar-refractivity contribution in [2.75, 3.05) is 22.9 Å². The van der Waals surface area contributed by atoms with Gasteiger partial charge in [0.25, 0.3) is 11.8 Å². The minimum absolute atomic E-state index is 0.0896. The van der Waals surface area contributed by atoms with Crippen LogP contribution in [0.1, 0.15) is 32.1 Å². The van der Waals surface area contributed by atoms with Crippen LogP contribution in [0.5, 0.6) is 0 Å². The first-order valence-corrected chi connectivity index (χ1v) is 11.4.